The summed E-state index contributed by atoms with van der Waals surface area (Å²) in [5.41, 5.74) is 0.936. The fraction of sp³-hybridized carbons (Fsp3) is 0.333. The van der Waals surface area contributed by atoms with Crippen LogP contribution in [0.1, 0.15) is 24.8 Å². The van der Waals surface area contributed by atoms with Gasteiger partial charge in [0.25, 0.3) is 0 Å². The largest absolute Gasteiger partial charge is 0.385 e. The van der Waals surface area contributed by atoms with Crippen molar-refractivity contribution in [3.05, 3.63) is 35.1 Å². The minimum Gasteiger partial charge on any atom is -0.385 e. The molecule has 3 rings (SSSR count). The van der Waals surface area contributed by atoms with Gasteiger partial charge in [-0.2, -0.15) is 0 Å². The predicted octanol–water partition coefficient (Wildman–Crippen LogP) is 2.43. The standard InChI is InChI=1S/C12H12ClN3O/c13-9-4-1-3-8(7-9)11-14-15-12-10(17)5-2-6-16(11)12/h1,3-4,7,10,17H,2,5-6H2. The Morgan fingerprint density at radius 2 is 2.24 bits per heavy atom. The molecule has 5 heteroatoms. The van der Waals surface area contributed by atoms with Gasteiger partial charge in [0, 0.05) is 17.1 Å². The Morgan fingerprint density at radius 1 is 1.35 bits per heavy atom. The Bertz CT molecular complexity index is 552. The molecule has 1 atom stereocenters. The molecule has 0 bridgehead atoms. The van der Waals surface area contributed by atoms with Crippen molar-refractivity contribution >= 4 is 11.6 Å². The van der Waals surface area contributed by atoms with Crippen LogP contribution in [0.3, 0.4) is 0 Å². The van der Waals surface area contributed by atoms with E-state index in [0.29, 0.717) is 10.8 Å². The zero-order valence-electron chi connectivity index (χ0n) is 9.17. The molecule has 0 saturated heterocycles. The molecular weight excluding hydrogens is 238 g/mol. The van der Waals surface area contributed by atoms with E-state index in [9.17, 15) is 5.11 Å². The molecule has 2 heterocycles. The van der Waals surface area contributed by atoms with Gasteiger partial charge in [0.05, 0.1) is 0 Å². The molecule has 88 valence electrons. The predicted molar refractivity (Wildman–Crippen MR) is 64.7 cm³/mol. The maximum absolute atomic E-state index is 9.83. The molecule has 1 aromatic carbocycles. The lowest BCUT2D eigenvalue weighted by Crippen LogP contribution is -2.16. The third-order valence-corrected chi connectivity index (χ3v) is 3.25. The van der Waals surface area contributed by atoms with Gasteiger partial charge in [-0.25, -0.2) is 0 Å². The summed E-state index contributed by atoms with van der Waals surface area (Å²) < 4.78 is 1.97. The molecule has 1 N–H and O–H groups in total. The highest BCUT2D eigenvalue weighted by Gasteiger charge is 2.23. The number of aliphatic hydroxyl groups excluding tert-OH is 1. The summed E-state index contributed by atoms with van der Waals surface area (Å²) in [6.45, 7) is 0.848. The Labute approximate surface area is 104 Å². The minimum atomic E-state index is -0.496. The Balaban J connectivity index is 2.10. The summed E-state index contributed by atoms with van der Waals surface area (Å²) in [4.78, 5) is 0. The zero-order valence-corrected chi connectivity index (χ0v) is 9.93. The van der Waals surface area contributed by atoms with Gasteiger partial charge in [-0.3, -0.25) is 0 Å². The highest BCUT2D eigenvalue weighted by Crippen LogP contribution is 2.29. The van der Waals surface area contributed by atoms with E-state index in [1.807, 2.05) is 28.8 Å². The Hall–Kier alpha value is -1.39. The molecule has 1 aromatic heterocycles. The van der Waals surface area contributed by atoms with Gasteiger partial charge in [0.1, 0.15) is 6.10 Å². The van der Waals surface area contributed by atoms with Crippen LogP contribution >= 0.6 is 11.6 Å². The number of halogens is 1. The third kappa shape index (κ3) is 1.83. The second kappa shape index (κ2) is 4.13. The van der Waals surface area contributed by atoms with E-state index in [4.69, 9.17) is 11.6 Å². The number of rotatable bonds is 1. The van der Waals surface area contributed by atoms with E-state index in [-0.39, 0.29) is 0 Å². The first-order valence-corrected chi connectivity index (χ1v) is 6.00. The SMILES string of the molecule is OC1CCCn2c(-c3cccc(Cl)c3)nnc21. The molecular formula is C12H12ClN3O. The Morgan fingerprint density at radius 3 is 3.06 bits per heavy atom. The van der Waals surface area contributed by atoms with Crippen LogP contribution in [0, 0.1) is 0 Å². The summed E-state index contributed by atoms with van der Waals surface area (Å²) in [5, 5.41) is 18.7. The van der Waals surface area contributed by atoms with Crippen LogP contribution in [0.5, 0.6) is 0 Å². The number of aromatic nitrogens is 3. The second-order valence-electron chi connectivity index (χ2n) is 4.20. The average molecular weight is 250 g/mol. The number of fused-ring (bicyclic) bond motifs is 1. The van der Waals surface area contributed by atoms with E-state index < -0.39 is 6.10 Å². The third-order valence-electron chi connectivity index (χ3n) is 3.02. The lowest BCUT2D eigenvalue weighted by molar-refractivity contribution is 0.134. The molecule has 1 unspecified atom stereocenters. The van der Waals surface area contributed by atoms with Crippen molar-refractivity contribution in [2.75, 3.05) is 0 Å². The molecule has 4 nitrogen and oxygen atoms in total. The van der Waals surface area contributed by atoms with Crippen molar-refractivity contribution in [2.24, 2.45) is 0 Å². The molecule has 1 aliphatic rings. The van der Waals surface area contributed by atoms with E-state index in [2.05, 4.69) is 10.2 Å². The van der Waals surface area contributed by atoms with Crippen LogP contribution in [0.25, 0.3) is 11.4 Å². The van der Waals surface area contributed by atoms with Gasteiger partial charge in [0.15, 0.2) is 11.6 Å². The fourth-order valence-electron chi connectivity index (χ4n) is 2.20. The maximum Gasteiger partial charge on any atom is 0.164 e. The normalized spacial score (nSPS) is 19.1. The average Bonchev–Trinajstić information content (AvgIpc) is 2.74. The van der Waals surface area contributed by atoms with Gasteiger partial charge in [-0.1, -0.05) is 23.7 Å². The molecule has 0 fully saturated rings. The molecule has 1 aliphatic heterocycles. The molecule has 0 spiro atoms. The van der Waals surface area contributed by atoms with Gasteiger partial charge in [0.2, 0.25) is 0 Å². The maximum atomic E-state index is 9.83. The van der Waals surface area contributed by atoms with Crippen molar-refractivity contribution < 1.29 is 5.11 Å². The molecule has 2 aromatic rings. The van der Waals surface area contributed by atoms with Gasteiger partial charge in [-0.05, 0) is 25.0 Å². The molecule has 0 radical (unpaired) electrons. The molecule has 0 aliphatic carbocycles. The van der Waals surface area contributed by atoms with E-state index in [1.54, 1.807) is 0 Å². The first kappa shape index (κ1) is 10.7. The van der Waals surface area contributed by atoms with Crippen LogP contribution in [-0.2, 0) is 6.54 Å². The van der Waals surface area contributed by atoms with Gasteiger partial charge in [-0.15, -0.1) is 10.2 Å². The Kier molecular flexibility index (Phi) is 2.61. The van der Waals surface area contributed by atoms with E-state index >= 15 is 0 Å². The van der Waals surface area contributed by atoms with Crippen LogP contribution < -0.4 is 0 Å². The monoisotopic (exact) mass is 249 g/mol. The number of aliphatic hydroxyl groups is 1. The minimum absolute atomic E-state index is 0.496. The lowest BCUT2D eigenvalue weighted by atomic mass is 10.1. The summed E-state index contributed by atoms with van der Waals surface area (Å²) in [7, 11) is 0. The van der Waals surface area contributed by atoms with Gasteiger partial charge >= 0.3 is 0 Å². The smallest absolute Gasteiger partial charge is 0.164 e. The van der Waals surface area contributed by atoms with Crippen molar-refractivity contribution in [1.82, 2.24) is 14.8 Å². The number of nitrogens with zero attached hydrogens (tertiary/aromatic N) is 3. The topological polar surface area (TPSA) is 50.9 Å². The molecule has 17 heavy (non-hydrogen) atoms. The highest BCUT2D eigenvalue weighted by atomic mass is 35.5. The number of hydrogen-bond donors (Lipinski definition) is 1. The van der Waals surface area contributed by atoms with E-state index in [1.165, 1.54) is 0 Å². The quantitative estimate of drug-likeness (QED) is 0.845. The van der Waals surface area contributed by atoms with Crippen molar-refractivity contribution in [3.63, 3.8) is 0 Å². The molecule has 0 saturated carbocycles. The fourth-order valence-corrected chi connectivity index (χ4v) is 2.39. The highest BCUT2D eigenvalue weighted by molar-refractivity contribution is 6.30. The van der Waals surface area contributed by atoms with Crippen molar-refractivity contribution in [2.45, 2.75) is 25.5 Å². The number of benzene rings is 1. The van der Waals surface area contributed by atoms with Crippen LogP contribution in [0.2, 0.25) is 5.02 Å². The molecule has 0 amide bonds. The van der Waals surface area contributed by atoms with Crippen LogP contribution in [-0.4, -0.2) is 19.9 Å². The summed E-state index contributed by atoms with van der Waals surface area (Å²) in [5.74, 6) is 1.44. The van der Waals surface area contributed by atoms with Gasteiger partial charge < -0.3 is 9.67 Å². The van der Waals surface area contributed by atoms with Crippen LogP contribution in [0.4, 0.5) is 0 Å². The zero-order chi connectivity index (χ0) is 11.8. The van der Waals surface area contributed by atoms with Crippen LogP contribution in [0.15, 0.2) is 24.3 Å². The van der Waals surface area contributed by atoms with Crippen molar-refractivity contribution in [1.29, 1.82) is 0 Å². The number of hydrogen-bond acceptors (Lipinski definition) is 3. The first-order valence-electron chi connectivity index (χ1n) is 5.63. The summed E-state index contributed by atoms with van der Waals surface area (Å²) in [6.07, 6.45) is 1.21. The lowest BCUT2D eigenvalue weighted by Gasteiger charge is -2.19. The van der Waals surface area contributed by atoms with Crippen molar-refractivity contribution in [3.8, 4) is 11.4 Å². The summed E-state index contributed by atoms with van der Waals surface area (Å²) in [6, 6.07) is 7.52. The first-order chi connectivity index (χ1) is 8.25. The second-order valence-corrected chi connectivity index (χ2v) is 4.64. The van der Waals surface area contributed by atoms with E-state index in [0.717, 1.165) is 30.8 Å². The summed E-state index contributed by atoms with van der Waals surface area (Å²) >= 11 is 5.97.